The highest BCUT2D eigenvalue weighted by Gasteiger charge is 2.04. The maximum atomic E-state index is 8.23. The number of nitrogens with zero attached hydrogens (tertiary/aromatic N) is 1. The fourth-order valence-corrected chi connectivity index (χ4v) is 0.970. The summed E-state index contributed by atoms with van der Waals surface area (Å²) in [4.78, 5) is 0. The third-order valence-electron chi connectivity index (χ3n) is 1.14. The third-order valence-corrected chi connectivity index (χ3v) is 1.93. The molecule has 0 atom stereocenters. The molecule has 0 spiro atoms. The third kappa shape index (κ3) is 2.04. The molecule has 0 saturated carbocycles. The molecule has 61 valence electrons. The maximum Gasteiger partial charge on any atom is 0.174 e. The molecule has 2 nitrogen and oxygen atoms in total. The van der Waals surface area contributed by atoms with Gasteiger partial charge in [0.2, 0.25) is 0 Å². The first-order valence-corrected chi connectivity index (χ1v) is 3.86. The highest BCUT2D eigenvalue weighted by Crippen LogP contribution is 2.30. The van der Waals surface area contributed by atoms with E-state index in [0.717, 1.165) is 0 Å². The second-order valence-corrected chi connectivity index (χ2v) is 2.71. The standard InChI is InChI=1S/C8H4Cl2NO/c9-6-2-1-3-7(8(6)10)12-5-4-11/h2-3H,5H2. The minimum Gasteiger partial charge on any atom is -0.477 e. The lowest BCUT2D eigenvalue weighted by molar-refractivity contribution is 0.368. The molecule has 0 fully saturated rings. The normalized spacial score (nSPS) is 9.08. The van der Waals surface area contributed by atoms with E-state index in [-0.39, 0.29) is 6.61 Å². The van der Waals surface area contributed by atoms with E-state index in [1.807, 2.05) is 6.07 Å². The predicted octanol–water partition coefficient (Wildman–Crippen LogP) is 2.70. The molecule has 0 saturated heterocycles. The first-order valence-electron chi connectivity index (χ1n) is 3.10. The predicted molar refractivity (Wildman–Crippen MR) is 46.4 cm³/mol. The van der Waals surface area contributed by atoms with Crippen molar-refractivity contribution in [1.29, 1.82) is 5.26 Å². The largest absolute Gasteiger partial charge is 0.477 e. The summed E-state index contributed by atoms with van der Waals surface area (Å²) in [5.74, 6) is 0.380. The van der Waals surface area contributed by atoms with Crippen LogP contribution in [-0.2, 0) is 0 Å². The van der Waals surface area contributed by atoms with Gasteiger partial charge in [-0.3, -0.25) is 0 Å². The van der Waals surface area contributed by atoms with Gasteiger partial charge in [0.15, 0.2) is 6.61 Å². The van der Waals surface area contributed by atoms with Crippen molar-refractivity contribution in [3.05, 3.63) is 28.2 Å². The van der Waals surface area contributed by atoms with Gasteiger partial charge in [0.1, 0.15) is 16.8 Å². The van der Waals surface area contributed by atoms with E-state index in [1.54, 1.807) is 0 Å². The second-order valence-electron chi connectivity index (χ2n) is 1.93. The molecule has 1 aromatic carbocycles. The van der Waals surface area contributed by atoms with Gasteiger partial charge in [-0.25, -0.2) is 0 Å². The van der Waals surface area contributed by atoms with Gasteiger partial charge in [0.25, 0.3) is 0 Å². The molecule has 0 heterocycles. The molecular formula is C8H4Cl2NO. The van der Waals surface area contributed by atoms with Gasteiger partial charge in [0, 0.05) is 0 Å². The second kappa shape index (κ2) is 4.20. The average molecular weight is 201 g/mol. The fraction of sp³-hybridized carbons (Fsp3) is 0.125. The van der Waals surface area contributed by atoms with Crippen LogP contribution >= 0.6 is 23.2 Å². The molecule has 0 aliphatic heterocycles. The number of rotatable bonds is 2. The van der Waals surface area contributed by atoms with Crippen molar-refractivity contribution in [3.8, 4) is 11.8 Å². The van der Waals surface area contributed by atoms with Crippen LogP contribution in [0.5, 0.6) is 5.75 Å². The molecular weight excluding hydrogens is 197 g/mol. The molecule has 1 rings (SSSR count). The smallest absolute Gasteiger partial charge is 0.174 e. The lowest BCUT2D eigenvalue weighted by Crippen LogP contribution is -1.93. The zero-order chi connectivity index (χ0) is 8.97. The minimum absolute atomic E-state index is 0.0477. The Balaban J connectivity index is 2.86. The van der Waals surface area contributed by atoms with Crippen LogP contribution < -0.4 is 4.74 Å². The first kappa shape index (κ1) is 9.18. The number of hydrogen-bond donors (Lipinski definition) is 0. The molecule has 12 heavy (non-hydrogen) atoms. The number of nitriles is 1. The van der Waals surface area contributed by atoms with Gasteiger partial charge in [0.05, 0.1) is 5.02 Å². The Labute approximate surface area is 80.3 Å². The van der Waals surface area contributed by atoms with Crippen molar-refractivity contribution in [1.82, 2.24) is 0 Å². The quantitative estimate of drug-likeness (QED) is 0.736. The average Bonchev–Trinajstić information content (AvgIpc) is 2.08. The summed E-state index contributed by atoms with van der Waals surface area (Å²) in [5, 5.41) is 8.90. The number of hydrogen-bond acceptors (Lipinski definition) is 2. The SMILES string of the molecule is N#CCOc1c[c]cc(Cl)c1Cl. The van der Waals surface area contributed by atoms with E-state index in [0.29, 0.717) is 15.8 Å². The van der Waals surface area contributed by atoms with Crippen molar-refractivity contribution in [3.63, 3.8) is 0 Å². The van der Waals surface area contributed by atoms with Crippen molar-refractivity contribution < 1.29 is 4.74 Å². The lowest BCUT2D eigenvalue weighted by Gasteiger charge is -2.03. The molecule has 1 aromatic rings. The summed E-state index contributed by atoms with van der Waals surface area (Å²) in [6.45, 7) is -0.0477. The van der Waals surface area contributed by atoms with Crippen LogP contribution in [0.3, 0.4) is 0 Å². The zero-order valence-corrected chi connectivity index (χ0v) is 7.49. The molecule has 0 aliphatic rings. The van der Waals surface area contributed by atoms with E-state index in [9.17, 15) is 0 Å². The summed E-state index contributed by atoms with van der Waals surface area (Å²) < 4.78 is 4.96. The first-order chi connectivity index (χ1) is 5.75. The van der Waals surface area contributed by atoms with E-state index in [4.69, 9.17) is 33.2 Å². The highest BCUT2D eigenvalue weighted by atomic mass is 35.5. The number of halogens is 2. The van der Waals surface area contributed by atoms with Crippen LogP contribution in [0, 0.1) is 17.4 Å². The summed E-state index contributed by atoms with van der Waals surface area (Å²) >= 11 is 11.4. The summed E-state index contributed by atoms with van der Waals surface area (Å²) in [6.07, 6.45) is 0. The van der Waals surface area contributed by atoms with Crippen LogP contribution in [0.1, 0.15) is 0 Å². The Morgan fingerprint density at radius 3 is 2.92 bits per heavy atom. The van der Waals surface area contributed by atoms with Crippen LogP contribution in [-0.4, -0.2) is 6.61 Å². The summed E-state index contributed by atoms with van der Waals surface area (Å²) in [6, 6.07) is 7.62. The van der Waals surface area contributed by atoms with Gasteiger partial charge in [-0.15, -0.1) is 0 Å². The van der Waals surface area contributed by atoms with Crippen molar-refractivity contribution in [2.45, 2.75) is 0 Å². The monoisotopic (exact) mass is 200 g/mol. The fourth-order valence-electron chi connectivity index (χ4n) is 0.650. The molecule has 4 heteroatoms. The van der Waals surface area contributed by atoms with Crippen LogP contribution in [0.4, 0.5) is 0 Å². The van der Waals surface area contributed by atoms with Crippen LogP contribution in [0.2, 0.25) is 10.0 Å². The zero-order valence-electron chi connectivity index (χ0n) is 5.97. The molecule has 0 unspecified atom stereocenters. The number of ether oxygens (including phenoxy) is 1. The highest BCUT2D eigenvalue weighted by molar-refractivity contribution is 6.42. The Bertz CT molecular complexity index is 319. The van der Waals surface area contributed by atoms with E-state index < -0.39 is 0 Å². The van der Waals surface area contributed by atoms with Crippen LogP contribution in [0.15, 0.2) is 12.1 Å². The summed E-state index contributed by atoms with van der Waals surface area (Å²) in [7, 11) is 0. The van der Waals surface area contributed by atoms with Crippen molar-refractivity contribution in [2.24, 2.45) is 0 Å². The van der Waals surface area contributed by atoms with E-state index in [1.165, 1.54) is 12.1 Å². The Morgan fingerprint density at radius 2 is 2.25 bits per heavy atom. The van der Waals surface area contributed by atoms with Gasteiger partial charge in [-0.05, 0) is 18.2 Å². The molecule has 0 aliphatic carbocycles. The molecule has 0 bridgehead atoms. The number of benzene rings is 1. The Hall–Kier alpha value is -0.910. The molecule has 0 amide bonds. The molecule has 0 N–H and O–H groups in total. The lowest BCUT2D eigenvalue weighted by atomic mass is 10.3. The maximum absolute atomic E-state index is 8.23. The van der Waals surface area contributed by atoms with Crippen LogP contribution in [0.25, 0.3) is 0 Å². The molecule has 1 radical (unpaired) electrons. The molecule has 0 aromatic heterocycles. The minimum atomic E-state index is -0.0477. The topological polar surface area (TPSA) is 33.0 Å². The van der Waals surface area contributed by atoms with Crippen molar-refractivity contribution in [2.75, 3.05) is 6.61 Å². The van der Waals surface area contributed by atoms with Gasteiger partial charge < -0.3 is 4.74 Å². The Morgan fingerprint density at radius 1 is 1.50 bits per heavy atom. The van der Waals surface area contributed by atoms with Crippen molar-refractivity contribution >= 4 is 23.2 Å². The van der Waals surface area contributed by atoms with Gasteiger partial charge >= 0.3 is 0 Å². The Kier molecular flexibility index (Phi) is 3.21. The van der Waals surface area contributed by atoms with E-state index >= 15 is 0 Å². The van der Waals surface area contributed by atoms with E-state index in [2.05, 4.69) is 6.07 Å². The summed E-state index contributed by atoms with van der Waals surface area (Å²) in [5.41, 5.74) is 0. The van der Waals surface area contributed by atoms with Gasteiger partial charge in [-0.2, -0.15) is 5.26 Å². The van der Waals surface area contributed by atoms with Gasteiger partial charge in [-0.1, -0.05) is 23.2 Å².